The second kappa shape index (κ2) is 5.93. The first-order chi connectivity index (χ1) is 9.02. The smallest absolute Gasteiger partial charge is 0.0771 e. The first-order valence-electron chi connectivity index (χ1n) is 7.24. The standard InChI is InChI=1S/C16H26N2O/c1-13(17-12-16(19)10-6-7-11-16)14-8-4-5-9-15(14)18(2)3/h4-5,8-9,13,17,19H,6-7,10-12H2,1-3H3. The Balaban J connectivity index is 2.01. The third-order valence-electron chi connectivity index (χ3n) is 4.16. The average Bonchev–Trinajstić information content (AvgIpc) is 2.83. The van der Waals surface area contributed by atoms with Crippen molar-refractivity contribution in [3.8, 4) is 0 Å². The van der Waals surface area contributed by atoms with Gasteiger partial charge in [-0.15, -0.1) is 0 Å². The number of hydrogen-bond acceptors (Lipinski definition) is 3. The van der Waals surface area contributed by atoms with Gasteiger partial charge < -0.3 is 15.3 Å². The van der Waals surface area contributed by atoms with Gasteiger partial charge in [0.25, 0.3) is 0 Å². The predicted molar refractivity (Wildman–Crippen MR) is 80.6 cm³/mol. The van der Waals surface area contributed by atoms with E-state index in [-0.39, 0.29) is 6.04 Å². The van der Waals surface area contributed by atoms with Gasteiger partial charge in [-0.05, 0) is 31.4 Å². The molecule has 1 unspecified atom stereocenters. The number of aliphatic hydroxyl groups is 1. The molecule has 0 spiro atoms. The second-order valence-electron chi connectivity index (χ2n) is 5.99. The van der Waals surface area contributed by atoms with Crippen LogP contribution < -0.4 is 10.2 Å². The summed E-state index contributed by atoms with van der Waals surface area (Å²) in [4.78, 5) is 2.14. The van der Waals surface area contributed by atoms with Crippen molar-refractivity contribution < 1.29 is 5.11 Å². The van der Waals surface area contributed by atoms with Crippen LogP contribution in [0.25, 0.3) is 0 Å². The summed E-state index contributed by atoms with van der Waals surface area (Å²) < 4.78 is 0. The van der Waals surface area contributed by atoms with Crippen molar-refractivity contribution in [1.82, 2.24) is 5.32 Å². The number of hydrogen-bond donors (Lipinski definition) is 2. The van der Waals surface area contributed by atoms with Crippen molar-refractivity contribution >= 4 is 5.69 Å². The Morgan fingerprint density at radius 2 is 1.89 bits per heavy atom. The highest BCUT2D eigenvalue weighted by atomic mass is 16.3. The van der Waals surface area contributed by atoms with Crippen LogP contribution in [0.15, 0.2) is 24.3 Å². The van der Waals surface area contributed by atoms with Crippen molar-refractivity contribution in [2.24, 2.45) is 0 Å². The molecule has 1 aromatic carbocycles. The molecular formula is C16H26N2O. The Labute approximate surface area is 116 Å². The zero-order chi connectivity index (χ0) is 13.9. The molecule has 1 aliphatic carbocycles. The number of anilines is 1. The minimum Gasteiger partial charge on any atom is -0.389 e. The third kappa shape index (κ3) is 3.48. The van der Waals surface area contributed by atoms with E-state index < -0.39 is 5.60 Å². The molecule has 2 N–H and O–H groups in total. The van der Waals surface area contributed by atoms with E-state index in [9.17, 15) is 5.11 Å². The summed E-state index contributed by atoms with van der Waals surface area (Å²) >= 11 is 0. The van der Waals surface area contributed by atoms with Crippen LogP contribution >= 0.6 is 0 Å². The zero-order valence-corrected chi connectivity index (χ0v) is 12.3. The molecule has 0 radical (unpaired) electrons. The van der Waals surface area contributed by atoms with Crippen LogP contribution in [0.1, 0.15) is 44.2 Å². The summed E-state index contributed by atoms with van der Waals surface area (Å²) in [7, 11) is 4.13. The highest BCUT2D eigenvalue weighted by Gasteiger charge is 2.31. The molecule has 106 valence electrons. The Morgan fingerprint density at radius 3 is 2.53 bits per heavy atom. The van der Waals surface area contributed by atoms with Gasteiger partial charge in [-0.25, -0.2) is 0 Å². The van der Waals surface area contributed by atoms with Crippen molar-refractivity contribution in [3.63, 3.8) is 0 Å². The summed E-state index contributed by atoms with van der Waals surface area (Å²) in [5.41, 5.74) is 2.04. The first-order valence-corrected chi connectivity index (χ1v) is 7.24. The molecule has 0 aromatic heterocycles. The number of benzene rings is 1. The SMILES string of the molecule is CC(NCC1(O)CCCC1)c1ccccc1N(C)C. The zero-order valence-electron chi connectivity index (χ0n) is 12.3. The van der Waals surface area contributed by atoms with Gasteiger partial charge in [0.05, 0.1) is 5.60 Å². The molecule has 1 aromatic rings. The lowest BCUT2D eigenvalue weighted by Gasteiger charge is -2.27. The van der Waals surface area contributed by atoms with Gasteiger partial charge in [0.1, 0.15) is 0 Å². The highest BCUT2D eigenvalue weighted by Crippen LogP contribution is 2.30. The molecule has 0 heterocycles. The Bertz CT molecular complexity index is 411. The van der Waals surface area contributed by atoms with Gasteiger partial charge in [0, 0.05) is 32.4 Å². The maximum Gasteiger partial charge on any atom is 0.0771 e. The van der Waals surface area contributed by atoms with Crippen molar-refractivity contribution in [3.05, 3.63) is 29.8 Å². The molecule has 0 bridgehead atoms. The van der Waals surface area contributed by atoms with Crippen molar-refractivity contribution in [2.45, 2.75) is 44.2 Å². The Hall–Kier alpha value is -1.06. The van der Waals surface area contributed by atoms with Gasteiger partial charge in [0.2, 0.25) is 0 Å². The van der Waals surface area contributed by atoms with Crippen LogP contribution in [-0.2, 0) is 0 Å². The summed E-state index contributed by atoms with van der Waals surface area (Å²) in [6, 6.07) is 8.69. The summed E-state index contributed by atoms with van der Waals surface area (Å²) in [5.74, 6) is 0. The molecule has 1 atom stereocenters. The van der Waals surface area contributed by atoms with E-state index in [0.29, 0.717) is 6.54 Å². The predicted octanol–water partition coefficient (Wildman–Crippen LogP) is 2.71. The largest absolute Gasteiger partial charge is 0.389 e. The van der Waals surface area contributed by atoms with E-state index in [1.807, 2.05) is 0 Å². The molecule has 1 saturated carbocycles. The molecule has 0 saturated heterocycles. The van der Waals surface area contributed by atoms with Gasteiger partial charge in [-0.2, -0.15) is 0 Å². The van der Waals surface area contributed by atoms with Crippen molar-refractivity contribution in [1.29, 1.82) is 0 Å². The van der Waals surface area contributed by atoms with Gasteiger partial charge in [0.15, 0.2) is 0 Å². The lowest BCUT2D eigenvalue weighted by molar-refractivity contribution is 0.0453. The Morgan fingerprint density at radius 1 is 1.26 bits per heavy atom. The lowest BCUT2D eigenvalue weighted by Crippen LogP contribution is -2.39. The molecule has 1 aliphatic rings. The maximum absolute atomic E-state index is 10.4. The van der Waals surface area contributed by atoms with Gasteiger partial charge in [-0.3, -0.25) is 0 Å². The fourth-order valence-electron chi connectivity index (χ4n) is 2.92. The molecule has 1 fully saturated rings. The fourth-order valence-corrected chi connectivity index (χ4v) is 2.92. The van der Waals surface area contributed by atoms with E-state index >= 15 is 0 Å². The molecule has 0 aliphatic heterocycles. The van der Waals surface area contributed by atoms with Crippen LogP contribution in [-0.4, -0.2) is 31.3 Å². The normalized spacial score (nSPS) is 19.4. The summed E-state index contributed by atoms with van der Waals surface area (Å²) in [6.45, 7) is 2.86. The van der Waals surface area contributed by atoms with Crippen LogP contribution in [0.5, 0.6) is 0 Å². The average molecular weight is 262 g/mol. The second-order valence-corrected chi connectivity index (χ2v) is 5.99. The molecule has 3 heteroatoms. The van der Waals surface area contributed by atoms with E-state index in [1.165, 1.54) is 11.3 Å². The highest BCUT2D eigenvalue weighted by molar-refractivity contribution is 5.53. The molecule has 2 rings (SSSR count). The molecule has 3 nitrogen and oxygen atoms in total. The minimum atomic E-state index is -0.485. The topological polar surface area (TPSA) is 35.5 Å². The number of rotatable bonds is 5. The van der Waals surface area contributed by atoms with Crippen molar-refractivity contribution in [2.75, 3.05) is 25.5 Å². The number of nitrogens with zero attached hydrogens (tertiary/aromatic N) is 1. The maximum atomic E-state index is 10.4. The van der Waals surface area contributed by atoms with Crippen LogP contribution in [0.4, 0.5) is 5.69 Å². The minimum absolute atomic E-state index is 0.253. The summed E-state index contributed by atoms with van der Waals surface area (Å²) in [5, 5.41) is 13.9. The van der Waals surface area contributed by atoms with Crippen LogP contribution in [0.2, 0.25) is 0 Å². The molecular weight excluding hydrogens is 236 g/mol. The molecule has 0 amide bonds. The third-order valence-corrected chi connectivity index (χ3v) is 4.16. The fraction of sp³-hybridized carbons (Fsp3) is 0.625. The number of para-hydroxylation sites is 1. The van der Waals surface area contributed by atoms with E-state index in [1.54, 1.807) is 0 Å². The first kappa shape index (κ1) is 14.4. The lowest BCUT2D eigenvalue weighted by atomic mass is 10.0. The Kier molecular flexibility index (Phi) is 4.48. The quantitative estimate of drug-likeness (QED) is 0.856. The number of nitrogens with one attached hydrogen (secondary N) is 1. The van der Waals surface area contributed by atoms with Crippen LogP contribution in [0, 0.1) is 0 Å². The van der Waals surface area contributed by atoms with E-state index in [4.69, 9.17) is 0 Å². The van der Waals surface area contributed by atoms with E-state index in [0.717, 1.165) is 25.7 Å². The molecule has 19 heavy (non-hydrogen) atoms. The monoisotopic (exact) mass is 262 g/mol. The van der Waals surface area contributed by atoms with E-state index in [2.05, 4.69) is 55.5 Å². The summed E-state index contributed by atoms with van der Waals surface area (Å²) in [6.07, 6.45) is 4.17. The van der Waals surface area contributed by atoms with Gasteiger partial charge in [-0.1, -0.05) is 31.0 Å². The van der Waals surface area contributed by atoms with Gasteiger partial charge >= 0.3 is 0 Å². The van der Waals surface area contributed by atoms with Crippen LogP contribution in [0.3, 0.4) is 0 Å².